The van der Waals surface area contributed by atoms with Gasteiger partial charge in [0.15, 0.2) is 0 Å². The molecule has 0 aliphatic rings. The molecule has 4 heteroatoms. The summed E-state index contributed by atoms with van der Waals surface area (Å²) in [6.45, 7) is 0.480. The molecule has 0 spiro atoms. The van der Waals surface area contributed by atoms with Crippen LogP contribution >= 0.6 is 11.8 Å². The van der Waals surface area contributed by atoms with Gasteiger partial charge in [-0.2, -0.15) is 11.8 Å². The smallest absolute Gasteiger partial charge is 0.306 e. The van der Waals surface area contributed by atoms with Gasteiger partial charge in [-0.15, -0.1) is 0 Å². The summed E-state index contributed by atoms with van der Waals surface area (Å²) in [7, 11) is 0. The average Bonchev–Trinajstić information content (AvgIpc) is 2.95. The Hall–Kier alpha value is -1.68. The number of benzene rings is 1. The van der Waals surface area contributed by atoms with Crippen molar-refractivity contribution < 1.29 is 13.9 Å². The molecule has 0 amide bonds. The van der Waals surface area contributed by atoms with Crippen LogP contribution in [0, 0.1) is 0 Å². The van der Waals surface area contributed by atoms with Gasteiger partial charge in [0, 0.05) is 17.7 Å². The fraction of sp³-hybridized carbons (Fsp3) is 0.312. The van der Waals surface area contributed by atoms with Crippen molar-refractivity contribution in [2.24, 2.45) is 0 Å². The summed E-state index contributed by atoms with van der Waals surface area (Å²) in [5.74, 6) is 2.31. The Balaban J connectivity index is 1.83. The van der Waals surface area contributed by atoms with Crippen molar-refractivity contribution in [3.05, 3.63) is 48.2 Å². The zero-order valence-corrected chi connectivity index (χ0v) is 12.3. The highest BCUT2D eigenvalue weighted by atomic mass is 32.2. The Kier molecular flexibility index (Phi) is 5.74. The van der Waals surface area contributed by atoms with E-state index in [1.165, 1.54) is 0 Å². The van der Waals surface area contributed by atoms with Crippen LogP contribution in [0.25, 0.3) is 11.3 Å². The second-order valence-electron chi connectivity index (χ2n) is 4.35. The molecule has 1 aromatic heterocycles. The van der Waals surface area contributed by atoms with Gasteiger partial charge in [-0.25, -0.2) is 0 Å². The third-order valence-electron chi connectivity index (χ3n) is 2.85. The molecule has 0 unspecified atom stereocenters. The number of thioether (sulfide) groups is 1. The summed E-state index contributed by atoms with van der Waals surface area (Å²) in [6.07, 6.45) is 2.92. The average molecular weight is 290 g/mol. The number of rotatable bonds is 7. The molecule has 2 aromatic rings. The Morgan fingerprint density at radius 3 is 2.75 bits per heavy atom. The zero-order chi connectivity index (χ0) is 14.2. The first-order valence-corrected chi connectivity index (χ1v) is 7.97. The molecule has 2 rings (SSSR count). The van der Waals surface area contributed by atoms with Gasteiger partial charge in [-0.1, -0.05) is 30.3 Å². The molecule has 0 N–H and O–H groups in total. The van der Waals surface area contributed by atoms with E-state index < -0.39 is 0 Å². The predicted octanol–water partition coefficient (Wildman–Crippen LogP) is 3.79. The summed E-state index contributed by atoms with van der Waals surface area (Å²) < 4.78 is 10.8. The number of hydrogen-bond acceptors (Lipinski definition) is 4. The summed E-state index contributed by atoms with van der Waals surface area (Å²) in [5, 5.41) is 0. The first kappa shape index (κ1) is 14.7. The third kappa shape index (κ3) is 4.46. The van der Waals surface area contributed by atoms with Crippen LogP contribution in [-0.2, 0) is 16.0 Å². The molecule has 0 atom stereocenters. The maximum Gasteiger partial charge on any atom is 0.306 e. The molecule has 0 saturated carbocycles. The van der Waals surface area contributed by atoms with Gasteiger partial charge in [0.05, 0.1) is 6.42 Å². The molecular formula is C16H18O3S. The normalized spacial score (nSPS) is 10.4. The number of carbonyl (C=O) groups excluding carboxylic acids is 1. The van der Waals surface area contributed by atoms with E-state index in [-0.39, 0.29) is 5.97 Å². The Morgan fingerprint density at radius 1 is 1.20 bits per heavy atom. The van der Waals surface area contributed by atoms with Crippen molar-refractivity contribution in [2.75, 3.05) is 18.6 Å². The van der Waals surface area contributed by atoms with Crippen LogP contribution in [0.5, 0.6) is 0 Å². The number of aryl methyl sites for hydroxylation is 1. The fourth-order valence-corrected chi connectivity index (χ4v) is 2.06. The van der Waals surface area contributed by atoms with Gasteiger partial charge in [0.2, 0.25) is 0 Å². The highest BCUT2D eigenvalue weighted by Gasteiger charge is 2.08. The molecule has 0 bridgehead atoms. The zero-order valence-electron chi connectivity index (χ0n) is 11.5. The van der Waals surface area contributed by atoms with E-state index in [0.717, 1.165) is 22.8 Å². The number of carbonyl (C=O) groups is 1. The summed E-state index contributed by atoms with van der Waals surface area (Å²) in [4.78, 5) is 11.5. The summed E-state index contributed by atoms with van der Waals surface area (Å²) >= 11 is 1.66. The van der Waals surface area contributed by atoms with Gasteiger partial charge >= 0.3 is 5.97 Å². The first-order valence-electron chi connectivity index (χ1n) is 6.58. The molecule has 106 valence electrons. The van der Waals surface area contributed by atoms with Crippen molar-refractivity contribution in [3.8, 4) is 11.3 Å². The summed E-state index contributed by atoms with van der Waals surface area (Å²) in [5.41, 5.74) is 1.04. The molecule has 0 aliphatic carbocycles. The lowest BCUT2D eigenvalue weighted by atomic mass is 10.2. The molecule has 3 nitrogen and oxygen atoms in total. The van der Waals surface area contributed by atoms with Gasteiger partial charge < -0.3 is 9.15 Å². The second-order valence-corrected chi connectivity index (χ2v) is 5.33. The van der Waals surface area contributed by atoms with Crippen LogP contribution in [0.2, 0.25) is 0 Å². The molecular weight excluding hydrogens is 272 g/mol. The van der Waals surface area contributed by atoms with E-state index in [4.69, 9.17) is 9.15 Å². The molecule has 1 heterocycles. The van der Waals surface area contributed by atoms with E-state index in [1.54, 1.807) is 11.8 Å². The van der Waals surface area contributed by atoms with Crippen LogP contribution in [0.15, 0.2) is 46.9 Å². The second kappa shape index (κ2) is 7.80. The van der Waals surface area contributed by atoms with Gasteiger partial charge in [-0.05, 0) is 18.4 Å². The van der Waals surface area contributed by atoms with Crippen molar-refractivity contribution >= 4 is 17.7 Å². The van der Waals surface area contributed by atoms with Gasteiger partial charge in [0.1, 0.15) is 18.1 Å². The van der Waals surface area contributed by atoms with Crippen LogP contribution < -0.4 is 0 Å². The standard InChI is InChI=1S/C16H18O3S/c1-20-12-11-18-16(17)10-8-14-7-9-15(19-14)13-5-3-2-4-6-13/h2-7,9H,8,10-12H2,1H3. The third-order valence-corrected chi connectivity index (χ3v) is 3.42. The lowest BCUT2D eigenvalue weighted by Gasteiger charge is -2.02. The van der Waals surface area contributed by atoms with Crippen LogP contribution in [0.3, 0.4) is 0 Å². The highest BCUT2D eigenvalue weighted by Crippen LogP contribution is 2.22. The molecule has 0 radical (unpaired) electrons. The molecule has 0 fully saturated rings. The monoisotopic (exact) mass is 290 g/mol. The van der Waals surface area contributed by atoms with E-state index in [2.05, 4.69) is 0 Å². The lowest BCUT2D eigenvalue weighted by molar-refractivity contribution is -0.143. The minimum absolute atomic E-state index is 0.170. The number of esters is 1. The van der Waals surface area contributed by atoms with Crippen LogP contribution in [0.4, 0.5) is 0 Å². The maximum absolute atomic E-state index is 11.5. The van der Waals surface area contributed by atoms with Crippen molar-refractivity contribution in [1.82, 2.24) is 0 Å². The van der Waals surface area contributed by atoms with Crippen molar-refractivity contribution in [2.45, 2.75) is 12.8 Å². The van der Waals surface area contributed by atoms with Crippen molar-refractivity contribution in [1.29, 1.82) is 0 Å². The number of furan rings is 1. The lowest BCUT2D eigenvalue weighted by Crippen LogP contribution is -2.08. The number of ether oxygens (including phenoxy) is 1. The van der Waals surface area contributed by atoms with Crippen LogP contribution in [0.1, 0.15) is 12.2 Å². The van der Waals surface area contributed by atoms with Crippen molar-refractivity contribution in [3.63, 3.8) is 0 Å². The minimum Gasteiger partial charge on any atom is -0.465 e. The Morgan fingerprint density at radius 2 is 2.00 bits per heavy atom. The van der Waals surface area contributed by atoms with E-state index >= 15 is 0 Å². The van der Waals surface area contributed by atoms with Gasteiger partial charge in [-0.3, -0.25) is 4.79 Å². The maximum atomic E-state index is 11.5. The fourth-order valence-electron chi connectivity index (χ4n) is 1.81. The Bertz CT molecular complexity index is 534. The first-order chi connectivity index (χ1) is 9.79. The minimum atomic E-state index is -0.170. The Labute approximate surface area is 123 Å². The SMILES string of the molecule is CSCCOC(=O)CCc1ccc(-c2ccccc2)o1. The quantitative estimate of drug-likeness (QED) is 0.574. The van der Waals surface area contributed by atoms with E-state index in [0.29, 0.717) is 19.4 Å². The topological polar surface area (TPSA) is 39.4 Å². The summed E-state index contributed by atoms with van der Waals surface area (Å²) in [6, 6.07) is 13.8. The highest BCUT2D eigenvalue weighted by molar-refractivity contribution is 7.98. The van der Waals surface area contributed by atoms with E-state index in [9.17, 15) is 4.79 Å². The molecule has 1 aromatic carbocycles. The van der Waals surface area contributed by atoms with Gasteiger partial charge in [0.25, 0.3) is 0 Å². The predicted molar refractivity (Wildman–Crippen MR) is 81.8 cm³/mol. The van der Waals surface area contributed by atoms with E-state index in [1.807, 2.05) is 48.7 Å². The molecule has 0 saturated heterocycles. The van der Waals surface area contributed by atoms with Crippen LogP contribution in [-0.4, -0.2) is 24.6 Å². The molecule has 0 aliphatic heterocycles. The number of hydrogen-bond donors (Lipinski definition) is 0. The largest absolute Gasteiger partial charge is 0.465 e. The molecule has 20 heavy (non-hydrogen) atoms.